The number of anilines is 1. The molecule has 0 N–H and O–H groups in total. The predicted octanol–water partition coefficient (Wildman–Crippen LogP) is 2.79. The fraction of sp³-hybridized carbons (Fsp3) is 0.462. The summed E-state index contributed by atoms with van der Waals surface area (Å²) in [4.78, 5) is 2.21. The Morgan fingerprint density at radius 3 is 2.73 bits per heavy atom. The van der Waals surface area contributed by atoms with Gasteiger partial charge in [0.2, 0.25) is 0 Å². The van der Waals surface area contributed by atoms with Crippen LogP contribution in [-0.4, -0.2) is 13.6 Å². The van der Waals surface area contributed by atoms with Gasteiger partial charge in [-0.1, -0.05) is 18.6 Å². The zero-order chi connectivity index (χ0) is 10.7. The summed E-state index contributed by atoms with van der Waals surface area (Å²) in [5.41, 5.74) is 1.84. The second-order valence-corrected chi connectivity index (χ2v) is 4.31. The predicted molar refractivity (Wildman–Crippen MR) is 61.8 cm³/mol. The van der Waals surface area contributed by atoms with Crippen LogP contribution in [0.2, 0.25) is 0 Å². The highest BCUT2D eigenvalue weighted by Crippen LogP contribution is 2.29. The van der Waals surface area contributed by atoms with Crippen LogP contribution >= 0.6 is 0 Å². The van der Waals surface area contributed by atoms with Gasteiger partial charge in [0.1, 0.15) is 6.07 Å². The molecule has 1 fully saturated rings. The minimum absolute atomic E-state index is 0.777. The number of para-hydroxylation sites is 1. The van der Waals surface area contributed by atoms with Gasteiger partial charge >= 0.3 is 0 Å². The molecule has 1 saturated carbocycles. The van der Waals surface area contributed by atoms with E-state index in [9.17, 15) is 0 Å². The Labute approximate surface area is 91.1 Å². The fourth-order valence-corrected chi connectivity index (χ4v) is 2.06. The van der Waals surface area contributed by atoms with E-state index in [0.717, 1.165) is 23.7 Å². The highest BCUT2D eigenvalue weighted by Gasteiger charge is 2.19. The van der Waals surface area contributed by atoms with Gasteiger partial charge in [-0.05, 0) is 30.9 Å². The molecule has 0 aliphatic heterocycles. The van der Waals surface area contributed by atoms with Crippen LogP contribution < -0.4 is 4.90 Å². The molecular formula is C13H16N2. The standard InChI is InChI=1S/C13H16N2/c1-15(10-11-5-4-6-11)13-8-3-2-7-12(13)9-14/h2-3,7-8,11H,4-6,10H2,1H3. The Morgan fingerprint density at radius 1 is 1.40 bits per heavy atom. The smallest absolute Gasteiger partial charge is 0.101 e. The molecule has 0 aromatic heterocycles. The maximum Gasteiger partial charge on any atom is 0.101 e. The topological polar surface area (TPSA) is 27.0 Å². The molecule has 2 heteroatoms. The molecular weight excluding hydrogens is 184 g/mol. The van der Waals surface area contributed by atoms with E-state index in [1.165, 1.54) is 19.3 Å². The number of hydrogen-bond acceptors (Lipinski definition) is 2. The molecule has 1 aromatic rings. The van der Waals surface area contributed by atoms with Gasteiger partial charge in [0.25, 0.3) is 0 Å². The van der Waals surface area contributed by atoms with E-state index in [2.05, 4.69) is 18.0 Å². The summed E-state index contributed by atoms with van der Waals surface area (Å²) in [7, 11) is 2.08. The average molecular weight is 200 g/mol. The van der Waals surface area contributed by atoms with Crippen molar-refractivity contribution in [3.63, 3.8) is 0 Å². The van der Waals surface area contributed by atoms with E-state index in [1.807, 2.05) is 24.3 Å². The van der Waals surface area contributed by atoms with Crippen molar-refractivity contribution in [3.05, 3.63) is 29.8 Å². The summed E-state index contributed by atoms with van der Waals surface area (Å²) in [6.45, 7) is 1.08. The maximum atomic E-state index is 9.00. The molecule has 0 amide bonds. The summed E-state index contributed by atoms with van der Waals surface area (Å²) in [6, 6.07) is 10.1. The van der Waals surface area contributed by atoms with E-state index < -0.39 is 0 Å². The van der Waals surface area contributed by atoms with Gasteiger partial charge in [0.15, 0.2) is 0 Å². The van der Waals surface area contributed by atoms with Crippen LogP contribution in [0.25, 0.3) is 0 Å². The van der Waals surface area contributed by atoms with Crippen molar-refractivity contribution >= 4 is 5.69 Å². The van der Waals surface area contributed by atoms with Crippen LogP contribution in [0.5, 0.6) is 0 Å². The highest BCUT2D eigenvalue weighted by atomic mass is 15.1. The Kier molecular flexibility index (Phi) is 2.91. The van der Waals surface area contributed by atoms with Crippen molar-refractivity contribution in [2.24, 2.45) is 5.92 Å². The molecule has 0 spiro atoms. The second-order valence-electron chi connectivity index (χ2n) is 4.31. The number of benzene rings is 1. The Morgan fingerprint density at radius 2 is 2.13 bits per heavy atom. The van der Waals surface area contributed by atoms with Crippen molar-refractivity contribution in [1.29, 1.82) is 5.26 Å². The molecule has 78 valence electrons. The number of rotatable bonds is 3. The van der Waals surface area contributed by atoms with E-state index in [1.54, 1.807) is 0 Å². The van der Waals surface area contributed by atoms with Gasteiger partial charge in [0, 0.05) is 13.6 Å². The molecule has 1 aromatic carbocycles. The van der Waals surface area contributed by atoms with Gasteiger partial charge in [-0.3, -0.25) is 0 Å². The second kappa shape index (κ2) is 4.35. The fourth-order valence-electron chi connectivity index (χ4n) is 2.06. The van der Waals surface area contributed by atoms with Crippen LogP contribution in [0.1, 0.15) is 24.8 Å². The van der Waals surface area contributed by atoms with Crippen LogP contribution in [0.15, 0.2) is 24.3 Å². The Bertz CT molecular complexity index is 374. The summed E-state index contributed by atoms with van der Waals surface area (Å²) in [5, 5.41) is 9.00. The lowest BCUT2D eigenvalue weighted by Crippen LogP contribution is -2.29. The minimum Gasteiger partial charge on any atom is -0.373 e. The third-order valence-electron chi connectivity index (χ3n) is 3.19. The Hall–Kier alpha value is -1.49. The minimum atomic E-state index is 0.777. The Balaban J connectivity index is 2.10. The van der Waals surface area contributed by atoms with E-state index >= 15 is 0 Å². The van der Waals surface area contributed by atoms with Crippen molar-refractivity contribution in [2.45, 2.75) is 19.3 Å². The highest BCUT2D eigenvalue weighted by molar-refractivity contribution is 5.58. The van der Waals surface area contributed by atoms with Crippen molar-refractivity contribution in [1.82, 2.24) is 0 Å². The molecule has 0 saturated heterocycles. The lowest BCUT2D eigenvalue weighted by Gasteiger charge is -2.31. The molecule has 0 unspecified atom stereocenters. The SMILES string of the molecule is CN(CC1CCC1)c1ccccc1C#N. The molecule has 0 radical (unpaired) electrons. The number of hydrogen-bond donors (Lipinski definition) is 0. The molecule has 2 rings (SSSR count). The van der Waals surface area contributed by atoms with Crippen molar-refractivity contribution in [3.8, 4) is 6.07 Å². The third-order valence-corrected chi connectivity index (χ3v) is 3.19. The van der Waals surface area contributed by atoms with E-state index in [-0.39, 0.29) is 0 Å². The summed E-state index contributed by atoms with van der Waals surface area (Å²) < 4.78 is 0. The van der Waals surface area contributed by atoms with Crippen LogP contribution in [0.4, 0.5) is 5.69 Å². The van der Waals surface area contributed by atoms with E-state index in [4.69, 9.17) is 5.26 Å². The third kappa shape index (κ3) is 2.12. The van der Waals surface area contributed by atoms with Gasteiger partial charge in [-0.25, -0.2) is 0 Å². The lowest BCUT2D eigenvalue weighted by atomic mass is 9.85. The van der Waals surface area contributed by atoms with Gasteiger partial charge in [-0.2, -0.15) is 5.26 Å². The molecule has 0 heterocycles. The molecule has 1 aliphatic rings. The molecule has 2 nitrogen and oxygen atoms in total. The first-order valence-corrected chi connectivity index (χ1v) is 5.51. The maximum absolute atomic E-state index is 9.00. The largest absolute Gasteiger partial charge is 0.373 e. The zero-order valence-electron chi connectivity index (χ0n) is 9.11. The van der Waals surface area contributed by atoms with Crippen LogP contribution in [-0.2, 0) is 0 Å². The quantitative estimate of drug-likeness (QED) is 0.750. The van der Waals surface area contributed by atoms with Gasteiger partial charge in [-0.15, -0.1) is 0 Å². The molecule has 0 atom stereocenters. The average Bonchev–Trinajstić information content (AvgIpc) is 2.23. The summed E-state index contributed by atoms with van der Waals surface area (Å²) >= 11 is 0. The van der Waals surface area contributed by atoms with Gasteiger partial charge in [0.05, 0.1) is 11.3 Å². The summed E-state index contributed by atoms with van der Waals surface area (Å²) in [6.07, 6.45) is 4.07. The molecule has 1 aliphatic carbocycles. The van der Waals surface area contributed by atoms with E-state index in [0.29, 0.717) is 0 Å². The normalized spacial score (nSPS) is 15.5. The molecule has 0 bridgehead atoms. The first-order valence-electron chi connectivity index (χ1n) is 5.51. The summed E-state index contributed by atoms with van der Waals surface area (Å²) in [5.74, 6) is 0.835. The zero-order valence-corrected chi connectivity index (χ0v) is 9.11. The van der Waals surface area contributed by atoms with Crippen LogP contribution in [0.3, 0.4) is 0 Å². The number of nitriles is 1. The van der Waals surface area contributed by atoms with Crippen LogP contribution in [0, 0.1) is 17.2 Å². The van der Waals surface area contributed by atoms with Crippen molar-refractivity contribution in [2.75, 3.05) is 18.5 Å². The lowest BCUT2D eigenvalue weighted by molar-refractivity contribution is 0.321. The molecule has 15 heavy (non-hydrogen) atoms. The monoisotopic (exact) mass is 200 g/mol. The number of nitrogens with zero attached hydrogens (tertiary/aromatic N) is 2. The first kappa shape index (κ1) is 10.0. The van der Waals surface area contributed by atoms with Gasteiger partial charge < -0.3 is 4.90 Å². The first-order chi connectivity index (χ1) is 7.31. The van der Waals surface area contributed by atoms with Crippen molar-refractivity contribution < 1.29 is 0 Å².